The molecule has 1 aromatic rings. The molecule has 4 rings (SSSR count). The van der Waals surface area contributed by atoms with Crippen LogP contribution >= 0.6 is 23.4 Å². The number of thioether (sulfide) groups is 1. The van der Waals surface area contributed by atoms with Crippen molar-refractivity contribution in [3.63, 3.8) is 0 Å². The summed E-state index contributed by atoms with van der Waals surface area (Å²) in [6, 6.07) is 2.65. The number of imide groups is 1. The largest absolute Gasteiger partial charge is 0.379 e. The molecule has 0 spiro atoms. The number of hydrogen-bond acceptors (Lipinski definition) is 7. The van der Waals surface area contributed by atoms with Gasteiger partial charge in [-0.05, 0) is 30.0 Å². The molecule has 3 aliphatic rings. The molecule has 0 atom stereocenters. The number of piperazine rings is 1. The van der Waals surface area contributed by atoms with Gasteiger partial charge >= 0.3 is 0 Å². The van der Waals surface area contributed by atoms with Crippen molar-refractivity contribution in [3.8, 4) is 0 Å². The molecule has 0 radical (unpaired) electrons. The van der Waals surface area contributed by atoms with Gasteiger partial charge < -0.3 is 9.64 Å². The van der Waals surface area contributed by atoms with Crippen molar-refractivity contribution in [2.75, 3.05) is 70.5 Å². The molecule has 3 heterocycles. The predicted molar refractivity (Wildman–Crippen MR) is 126 cm³/mol. The number of alkyl halides is 2. The number of benzene rings is 1. The minimum atomic E-state index is -3.09. The van der Waals surface area contributed by atoms with Gasteiger partial charge in [0.05, 0.1) is 28.8 Å². The Bertz CT molecular complexity index is 942. The second-order valence-corrected chi connectivity index (χ2v) is 9.84. The number of carbonyl (C=O) groups excluding carboxylic acids is 2. The Kier molecular flexibility index (Phi) is 7.59. The number of anilines is 1. The average molecular weight is 501 g/mol. The lowest BCUT2D eigenvalue weighted by Gasteiger charge is -2.38. The van der Waals surface area contributed by atoms with Crippen LogP contribution in [0.15, 0.2) is 17.0 Å². The Balaban J connectivity index is 1.51. The van der Waals surface area contributed by atoms with E-state index in [0.29, 0.717) is 24.3 Å². The molecule has 0 unspecified atom stereocenters. The molecule has 3 aliphatic heterocycles. The zero-order valence-corrected chi connectivity index (χ0v) is 20.0. The van der Waals surface area contributed by atoms with Crippen molar-refractivity contribution in [1.29, 1.82) is 0 Å². The number of halogens is 3. The predicted octanol–water partition coefficient (Wildman–Crippen LogP) is 3.23. The summed E-state index contributed by atoms with van der Waals surface area (Å²) in [6.45, 7) is 9.21. The van der Waals surface area contributed by atoms with Gasteiger partial charge in [0.2, 0.25) is 0 Å². The summed E-state index contributed by atoms with van der Waals surface area (Å²) >= 11 is 7.27. The van der Waals surface area contributed by atoms with Crippen molar-refractivity contribution < 1.29 is 23.1 Å². The maximum atomic E-state index is 14.1. The highest BCUT2D eigenvalue weighted by molar-refractivity contribution is 8.18. The third-order valence-electron chi connectivity index (χ3n) is 6.05. The van der Waals surface area contributed by atoms with Gasteiger partial charge in [-0.25, -0.2) is 8.78 Å². The summed E-state index contributed by atoms with van der Waals surface area (Å²) in [7, 11) is 0. The van der Waals surface area contributed by atoms with E-state index in [2.05, 4.69) is 20.0 Å². The number of morpholine rings is 1. The van der Waals surface area contributed by atoms with Crippen LogP contribution in [0.2, 0.25) is 5.02 Å². The van der Waals surface area contributed by atoms with Gasteiger partial charge in [-0.3, -0.25) is 24.7 Å². The monoisotopic (exact) mass is 500 g/mol. The van der Waals surface area contributed by atoms with Crippen molar-refractivity contribution in [2.45, 2.75) is 12.8 Å². The van der Waals surface area contributed by atoms with E-state index in [4.69, 9.17) is 16.3 Å². The molecule has 0 bridgehead atoms. The first-order valence-electron chi connectivity index (χ1n) is 10.9. The summed E-state index contributed by atoms with van der Waals surface area (Å²) in [6.07, 6.45) is 1.48. The van der Waals surface area contributed by atoms with E-state index in [1.165, 1.54) is 18.2 Å². The Morgan fingerprint density at radius 3 is 2.30 bits per heavy atom. The number of hydrogen-bond donors (Lipinski definition) is 1. The fourth-order valence-corrected chi connectivity index (χ4v) is 5.20. The van der Waals surface area contributed by atoms with E-state index >= 15 is 0 Å². The Hall–Kier alpha value is -1.72. The van der Waals surface area contributed by atoms with Gasteiger partial charge in [-0.15, -0.1) is 0 Å². The Labute approximate surface area is 201 Å². The number of amides is 2. The zero-order valence-electron chi connectivity index (χ0n) is 18.4. The fourth-order valence-electron chi connectivity index (χ4n) is 4.18. The highest BCUT2D eigenvalue weighted by Gasteiger charge is 2.30. The minimum absolute atomic E-state index is 0.165. The molecule has 1 N–H and O–H groups in total. The van der Waals surface area contributed by atoms with Crippen molar-refractivity contribution in [2.24, 2.45) is 0 Å². The molecular weight excluding hydrogens is 474 g/mol. The number of nitrogens with one attached hydrogen (secondary N) is 1. The smallest absolute Gasteiger partial charge is 0.290 e. The van der Waals surface area contributed by atoms with E-state index in [-0.39, 0.29) is 15.5 Å². The Morgan fingerprint density at radius 2 is 1.73 bits per heavy atom. The maximum Gasteiger partial charge on any atom is 0.290 e. The van der Waals surface area contributed by atoms with Crippen LogP contribution in [0.25, 0.3) is 6.08 Å². The lowest BCUT2D eigenvalue weighted by molar-refractivity contribution is -0.115. The number of nitrogens with zero attached hydrogens (tertiary/aromatic N) is 3. The van der Waals surface area contributed by atoms with E-state index in [1.807, 2.05) is 0 Å². The quantitative estimate of drug-likeness (QED) is 0.602. The van der Waals surface area contributed by atoms with Gasteiger partial charge in [0, 0.05) is 70.4 Å². The van der Waals surface area contributed by atoms with Crippen LogP contribution in [0.5, 0.6) is 0 Å². The molecule has 2 amide bonds. The molecule has 0 aliphatic carbocycles. The molecular formula is C22H27ClF2N4O3S. The highest BCUT2D eigenvalue weighted by atomic mass is 35.5. The fraction of sp³-hybridized carbons (Fsp3) is 0.545. The first-order valence-corrected chi connectivity index (χ1v) is 12.1. The van der Waals surface area contributed by atoms with Crippen LogP contribution in [0.4, 0.5) is 19.3 Å². The summed E-state index contributed by atoms with van der Waals surface area (Å²) in [5, 5.41) is 1.92. The number of rotatable bonds is 6. The lowest BCUT2D eigenvalue weighted by atomic mass is 10.0. The first-order chi connectivity index (χ1) is 15.7. The SMILES string of the molecule is CC(F)(F)c1cc(Cl)c(N2CCN(CCN3CCOCC3)CC2)c(/C=C2\SC(=O)NC2=O)c1. The van der Waals surface area contributed by atoms with Crippen LogP contribution in [0, 0.1) is 0 Å². The van der Waals surface area contributed by atoms with Crippen LogP contribution in [-0.4, -0.2) is 86.5 Å². The van der Waals surface area contributed by atoms with Crippen molar-refractivity contribution >= 4 is 46.3 Å². The second kappa shape index (κ2) is 10.3. The van der Waals surface area contributed by atoms with Gasteiger partial charge in [0.1, 0.15) is 0 Å². The van der Waals surface area contributed by atoms with Crippen LogP contribution in [0.3, 0.4) is 0 Å². The van der Waals surface area contributed by atoms with Crippen LogP contribution in [-0.2, 0) is 15.5 Å². The summed E-state index contributed by atoms with van der Waals surface area (Å²) in [4.78, 5) is 30.6. The molecule has 7 nitrogen and oxygen atoms in total. The Morgan fingerprint density at radius 1 is 1.09 bits per heavy atom. The van der Waals surface area contributed by atoms with Gasteiger partial charge in [0.15, 0.2) is 0 Å². The van der Waals surface area contributed by atoms with E-state index in [1.54, 1.807) is 0 Å². The topological polar surface area (TPSA) is 65.1 Å². The van der Waals surface area contributed by atoms with Crippen molar-refractivity contribution in [3.05, 3.63) is 33.2 Å². The standard InChI is InChI=1S/C22H27ClF2N4O3S/c1-22(24,25)16-12-15(13-18-20(30)26-21(31)33-18)19(17(23)14-16)29-6-4-27(5-7-29)2-3-28-8-10-32-11-9-28/h12-14H,2-11H2,1H3,(H,26,30,31)/b18-13-. The molecule has 180 valence electrons. The van der Waals surface area contributed by atoms with E-state index in [9.17, 15) is 18.4 Å². The zero-order chi connectivity index (χ0) is 23.6. The first kappa shape index (κ1) is 24.4. The maximum absolute atomic E-state index is 14.1. The minimum Gasteiger partial charge on any atom is -0.379 e. The van der Waals surface area contributed by atoms with Gasteiger partial charge in [-0.1, -0.05) is 11.6 Å². The second-order valence-electron chi connectivity index (χ2n) is 8.42. The van der Waals surface area contributed by atoms with Crippen LogP contribution < -0.4 is 10.2 Å². The molecule has 0 saturated carbocycles. The average Bonchev–Trinajstić information content (AvgIpc) is 3.09. The molecule has 11 heteroatoms. The summed E-state index contributed by atoms with van der Waals surface area (Å²) in [5.41, 5.74) is 0.785. The highest BCUT2D eigenvalue weighted by Crippen LogP contribution is 2.39. The molecule has 0 aromatic heterocycles. The molecule has 33 heavy (non-hydrogen) atoms. The third-order valence-corrected chi connectivity index (χ3v) is 7.15. The molecule has 1 aromatic carbocycles. The molecule has 3 fully saturated rings. The number of carbonyl (C=O) groups is 2. The normalized spacial score (nSPS) is 22.3. The number of ether oxygens (including phenoxy) is 1. The molecule has 3 saturated heterocycles. The summed E-state index contributed by atoms with van der Waals surface area (Å²) in [5.74, 6) is -3.62. The summed E-state index contributed by atoms with van der Waals surface area (Å²) < 4.78 is 33.6. The van der Waals surface area contributed by atoms with E-state index < -0.39 is 17.1 Å². The lowest BCUT2D eigenvalue weighted by Crippen LogP contribution is -2.49. The third kappa shape index (κ3) is 6.05. The van der Waals surface area contributed by atoms with Gasteiger partial charge in [0.25, 0.3) is 17.1 Å². The van der Waals surface area contributed by atoms with E-state index in [0.717, 1.165) is 71.2 Å². The van der Waals surface area contributed by atoms with Gasteiger partial charge in [-0.2, -0.15) is 0 Å². The van der Waals surface area contributed by atoms with Crippen molar-refractivity contribution in [1.82, 2.24) is 15.1 Å². The van der Waals surface area contributed by atoms with Crippen LogP contribution in [0.1, 0.15) is 18.1 Å².